The van der Waals surface area contributed by atoms with Gasteiger partial charge in [-0.15, -0.1) is 0 Å². The molecule has 0 fully saturated rings. The predicted octanol–water partition coefficient (Wildman–Crippen LogP) is 2.00. The van der Waals surface area contributed by atoms with E-state index in [4.69, 9.17) is 10.00 Å². The van der Waals surface area contributed by atoms with Crippen LogP contribution in [0.25, 0.3) is 0 Å². The smallest absolute Gasteiger partial charge is 0.257 e. The van der Waals surface area contributed by atoms with E-state index in [1.807, 2.05) is 6.07 Å². The maximum Gasteiger partial charge on any atom is 0.257 e. The summed E-state index contributed by atoms with van der Waals surface area (Å²) in [5, 5.41) is 18.4. The Balaban J connectivity index is 2.91. The first-order chi connectivity index (χ1) is 9.10. The Labute approximate surface area is 125 Å². The van der Waals surface area contributed by atoms with Crippen LogP contribution in [0, 0.1) is 14.9 Å². The van der Waals surface area contributed by atoms with Crippen molar-refractivity contribution in [1.82, 2.24) is 4.90 Å². The summed E-state index contributed by atoms with van der Waals surface area (Å²) < 4.78 is 5.82. The Morgan fingerprint density at radius 1 is 1.53 bits per heavy atom. The topological polar surface area (TPSA) is 73.6 Å². The number of phenols is 1. The first-order valence-electron chi connectivity index (χ1n) is 5.73. The molecule has 0 saturated carbocycles. The quantitative estimate of drug-likeness (QED) is 0.774. The van der Waals surface area contributed by atoms with E-state index >= 15 is 0 Å². The molecule has 1 rings (SSSR count). The Morgan fingerprint density at radius 2 is 2.26 bits per heavy atom. The molecule has 102 valence electrons. The SMILES string of the molecule is COCCN(CCC#N)C(=O)c1cc(I)ccc1O. The fourth-order valence-corrected chi connectivity index (χ4v) is 2.04. The minimum atomic E-state index is -0.289. The Hall–Kier alpha value is -1.33. The van der Waals surface area contributed by atoms with Gasteiger partial charge in [-0.25, -0.2) is 0 Å². The summed E-state index contributed by atoms with van der Waals surface area (Å²) in [4.78, 5) is 13.8. The van der Waals surface area contributed by atoms with E-state index in [1.165, 1.54) is 11.0 Å². The first-order valence-corrected chi connectivity index (χ1v) is 6.81. The lowest BCUT2D eigenvalue weighted by Gasteiger charge is -2.21. The average Bonchev–Trinajstić information content (AvgIpc) is 2.41. The van der Waals surface area contributed by atoms with Crippen molar-refractivity contribution in [2.24, 2.45) is 0 Å². The highest BCUT2D eigenvalue weighted by Crippen LogP contribution is 2.21. The second kappa shape index (κ2) is 7.96. The number of hydrogen-bond donors (Lipinski definition) is 1. The van der Waals surface area contributed by atoms with Crippen LogP contribution in [-0.2, 0) is 4.74 Å². The summed E-state index contributed by atoms with van der Waals surface area (Å²) in [5.74, 6) is -0.340. The molecule has 5 nitrogen and oxygen atoms in total. The number of rotatable bonds is 6. The molecule has 1 aromatic rings. The zero-order chi connectivity index (χ0) is 14.3. The number of hydrogen-bond acceptors (Lipinski definition) is 4. The first kappa shape index (κ1) is 15.7. The molecule has 0 aliphatic heterocycles. The molecule has 0 heterocycles. The van der Waals surface area contributed by atoms with Crippen molar-refractivity contribution in [2.45, 2.75) is 6.42 Å². The zero-order valence-electron chi connectivity index (χ0n) is 10.6. The number of nitriles is 1. The van der Waals surface area contributed by atoms with Crippen LogP contribution in [0.3, 0.4) is 0 Å². The average molecular weight is 374 g/mol. The van der Waals surface area contributed by atoms with Crippen molar-refractivity contribution >= 4 is 28.5 Å². The van der Waals surface area contributed by atoms with Gasteiger partial charge in [-0.2, -0.15) is 5.26 Å². The number of amides is 1. The third kappa shape index (κ3) is 4.69. The Kier molecular flexibility index (Phi) is 6.59. The summed E-state index contributed by atoms with van der Waals surface area (Å²) >= 11 is 2.08. The molecule has 0 aromatic heterocycles. The van der Waals surface area contributed by atoms with Crippen LogP contribution >= 0.6 is 22.6 Å². The largest absolute Gasteiger partial charge is 0.507 e. The van der Waals surface area contributed by atoms with Gasteiger partial charge in [-0.1, -0.05) is 0 Å². The molecular formula is C13H15IN2O3. The molecule has 1 N–H and O–H groups in total. The second-order valence-electron chi connectivity index (χ2n) is 3.85. The summed E-state index contributed by atoms with van der Waals surface area (Å²) in [6.07, 6.45) is 0.250. The van der Waals surface area contributed by atoms with Crippen LogP contribution in [0.15, 0.2) is 18.2 Å². The van der Waals surface area contributed by atoms with E-state index in [2.05, 4.69) is 22.6 Å². The lowest BCUT2D eigenvalue weighted by molar-refractivity contribution is 0.0697. The Bertz CT molecular complexity index is 485. The fourth-order valence-electron chi connectivity index (χ4n) is 1.55. The molecule has 0 unspecified atom stereocenters. The number of nitrogens with zero attached hydrogens (tertiary/aromatic N) is 2. The van der Waals surface area contributed by atoms with Crippen LogP contribution in [0.4, 0.5) is 0 Å². The number of carbonyl (C=O) groups excluding carboxylic acids is 1. The van der Waals surface area contributed by atoms with E-state index < -0.39 is 0 Å². The molecule has 0 spiro atoms. The highest BCUT2D eigenvalue weighted by molar-refractivity contribution is 14.1. The van der Waals surface area contributed by atoms with E-state index in [0.29, 0.717) is 19.7 Å². The monoisotopic (exact) mass is 374 g/mol. The maximum atomic E-state index is 12.3. The van der Waals surface area contributed by atoms with Gasteiger partial charge in [-0.3, -0.25) is 4.79 Å². The van der Waals surface area contributed by atoms with Gasteiger partial charge in [-0.05, 0) is 40.8 Å². The van der Waals surface area contributed by atoms with Crippen molar-refractivity contribution < 1.29 is 14.6 Å². The molecule has 0 aliphatic carbocycles. The van der Waals surface area contributed by atoms with Crippen LogP contribution < -0.4 is 0 Å². The van der Waals surface area contributed by atoms with Crippen molar-refractivity contribution in [3.63, 3.8) is 0 Å². The van der Waals surface area contributed by atoms with Crippen molar-refractivity contribution in [1.29, 1.82) is 5.26 Å². The van der Waals surface area contributed by atoms with E-state index in [0.717, 1.165) is 3.57 Å². The minimum absolute atomic E-state index is 0.0511. The Morgan fingerprint density at radius 3 is 2.89 bits per heavy atom. The summed E-state index contributed by atoms with van der Waals surface area (Å²) in [7, 11) is 1.55. The molecule has 0 aliphatic rings. The molecule has 0 radical (unpaired) electrons. The van der Waals surface area contributed by atoms with Crippen LogP contribution in [0.5, 0.6) is 5.75 Å². The molecule has 19 heavy (non-hydrogen) atoms. The van der Waals surface area contributed by atoms with E-state index in [9.17, 15) is 9.90 Å². The van der Waals surface area contributed by atoms with Gasteiger partial charge >= 0.3 is 0 Å². The zero-order valence-corrected chi connectivity index (χ0v) is 12.8. The number of benzene rings is 1. The summed E-state index contributed by atoms with van der Waals surface area (Å²) in [5.41, 5.74) is 0.251. The van der Waals surface area contributed by atoms with Crippen LogP contribution in [0.2, 0.25) is 0 Å². The number of phenolic OH excluding ortho intramolecular Hbond substituents is 1. The van der Waals surface area contributed by atoms with Gasteiger partial charge in [0.25, 0.3) is 5.91 Å². The number of carbonyl (C=O) groups is 1. The molecule has 0 bridgehead atoms. The molecule has 1 amide bonds. The van der Waals surface area contributed by atoms with Crippen LogP contribution in [0.1, 0.15) is 16.8 Å². The molecular weight excluding hydrogens is 359 g/mol. The number of aromatic hydroxyl groups is 1. The highest BCUT2D eigenvalue weighted by Gasteiger charge is 2.18. The molecule has 0 atom stereocenters. The highest BCUT2D eigenvalue weighted by atomic mass is 127. The molecule has 1 aromatic carbocycles. The standard InChI is InChI=1S/C13H15IN2O3/c1-19-8-7-16(6-2-5-15)13(18)11-9-10(14)3-4-12(11)17/h3-4,9,17H,2,6-8H2,1H3. The lowest BCUT2D eigenvalue weighted by Crippen LogP contribution is -2.34. The fraction of sp³-hybridized carbons (Fsp3) is 0.385. The van der Waals surface area contributed by atoms with E-state index in [-0.39, 0.29) is 23.6 Å². The van der Waals surface area contributed by atoms with Gasteiger partial charge in [0.1, 0.15) is 5.75 Å². The van der Waals surface area contributed by atoms with Crippen molar-refractivity contribution in [3.8, 4) is 11.8 Å². The second-order valence-corrected chi connectivity index (χ2v) is 5.10. The van der Waals surface area contributed by atoms with Gasteiger partial charge in [0.2, 0.25) is 0 Å². The normalized spacial score (nSPS) is 9.95. The van der Waals surface area contributed by atoms with Crippen molar-refractivity contribution in [2.75, 3.05) is 26.8 Å². The number of halogens is 1. The maximum absolute atomic E-state index is 12.3. The molecule has 0 saturated heterocycles. The van der Waals surface area contributed by atoms with Gasteiger partial charge < -0.3 is 14.7 Å². The minimum Gasteiger partial charge on any atom is -0.507 e. The summed E-state index contributed by atoms with van der Waals surface area (Å²) in [6, 6.07) is 6.86. The van der Waals surface area contributed by atoms with Crippen LogP contribution in [-0.4, -0.2) is 42.7 Å². The predicted molar refractivity (Wildman–Crippen MR) is 78.8 cm³/mol. The summed E-state index contributed by atoms with van der Waals surface area (Å²) in [6.45, 7) is 1.10. The van der Waals surface area contributed by atoms with Gasteiger partial charge in [0.15, 0.2) is 0 Å². The lowest BCUT2D eigenvalue weighted by atomic mass is 10.1. The van der Waals surface area contributed by atoms with Gasteiger partial charge in [0.05, 0.1) is 24.7 Å². The third-order valence-electron chi connectivity index (χ3n) is 2.54. The van der Waals surface area contributed by atoms with Crippen molar-refractivity contribution in [3.05, 3.63) is 27.3 Å². The number of methoxy groups -OCH3 is 1. The van der Waals surface area contributed by atoms with Gasteiger partial charge in [0, 0.05) is 23.8 Å². The molecule has 6 heteroatoms. The van der Waals surface area contributed by atoms with E-state index in [1.54, 1.807) is 19.2 Å². The number of ether oxygens (including phenoxy) is 1. The third-order valence-corrected chi connectivity index (χ3v) is 3.21.